The summed E-state index contributed by atoms with van der Waals surface area (Å²) in [7, 11) is 0. The zero-order valence-electron chi connectivity index (χ0n) is 9.90. The van der Waals surface area contributed by atoms with Crippen molar-refractivity contribution in [1.29, 1.82) is 0 Å². The van der Waals surface area contributed by atoms with Gasteiger partial charge < -0.3 is 20.8 Å². The van der Waals surface area contributed by atoms with Crippen molar-refractivity contribution >= 4 is 18.0 Å². The maximum Gasteiger partial charge on any atom is 0.326 e. The molecule has 0 fully saturated rings. The van der Waals surface area contributed by atoms with Gasteiger partial charge in [0, 0.05) is 0 Å². The van der Waals surface area contributed by atoms with E-state index in [0.29, 0.717) is 12.8 Å². The molecule has 0 spiro atoms. The van der Waals surface area contributed by atoms with E-state index in [1.807, 2.05) is 6.92 Å². The van der Waals surface area contributed by atoms with Crippen LogP contribution < -0.4 is 10.6 Å². The van der Waals surface area contributed by atoms with Crippen LogP contribution in [0.25, 0.3) is 0 Å². The number of unbranched alkanes of at least 4 members (excludes halogenated alkanes) is 1. The number of nitrogens with one attached hydrogen (secondary N) is 2. The summed E-state index contributed by atoms with van der Waals surface area (Å²) in [5.74, 6) is -2.31. The first-order valence-electron chi connectivity index (χ1n) is 5.41. The molecule has 0 saturated carbocycles. The minimum absolute atomic E-state index is 0.320. The number of hydrogen-bond acceptors (Lipinski definition) is 3. The lowest BCUT2D eigenvalue weighted by molar-refractivity contribution is -0.139. The van der Waals surface area contributed by atoms with Crippen molar-refractivity contribution < 1.29 is 24.6 Å². The molecule has 0 radical (unpaired) electrons. The van der Waals surface area contributed by atoms with Crippen molar-refractivity contribution in [2.45, 2.75) is 45.2 Å². The average Bonchev–Trinajstić information content (AvgIpc) is 2.23. The maximum atomic E-state index is 11.3. The highest BCUT2D eigenvalue weighted by Gasteiger charge is 2.21. The highest BCUT2D eigenvalue weighted by Crippen LogP contribution is 2.00. The summed E-state index contributed by atoms with van der Waals surface area (Å²) in [6.07, 6.45) is 1.81. The summed E-state index contributed by atoms with van der Waals surface area (Å²) in [5.41, 5.74) is 0. The van der Waals surface area contributed by atoms with Gasteiger partial charge in [0.05, 0.1) is 0 Å². The first kappa shape index (κ1) is 15.2. The van der Waals surface area contributed by atoms with Gasteiger partial charge in [0.25, 0.3) is 0 Å². The van der Waals surface area contributed by atoms with Crippen LogP contribution in [-0.2, 0) is 9.59 Å². The third kappa shape index (κ3) is 6.39. The van der Waals surface area contributed by atoms with E-state index in [2.05, 4.69) is 10.6 Å². The Balaban J connectivity index is 4.21. The number of hydrogen-bond donors (Lipinski definition) is 4. The molecule has 7 heteroatoms. The van der Waals surface area contributed by atoms with Crippen LogP contribution in [0.3, 0.4) is 0 Å². The zero-order chi connectivity index (χ0) is 13.4. The number of carboxylic acids is 2. The van der Waals surface area contributed by atoms with Gasteiger partial charge in [-0.25, -0.2) is 9.59 Å². The number of carboxylic acid groups (broad SMARTS) is 2. The van der Waals surface area contributed by atoms with E-state index < -0.39 is 30.1 Å². The smallest absolute Gasteiger partial charge is 0.326 e. The minimum Gasteiger partial charge on any atom is -0.480 e. The molecule has 0 rings (SSSR count). The van der Waals surface area contributed by atoms with Crippen LogP contribution in [0.5, 0.6) is 0 Å². The standard InChI is InChI=1S/C10H18N2O5/c1-3-4-5-7(9(15)16)12-10(17)11-6(2)8(13)14/h6-7H,3-5H2,1-2H3,(H,13,14)(H,15,16)(H2,11,12,17)/t6-,7-/m0/s1. The fraction of sp³-hybridized carbons (Fsp3) is 0.700. The molecule has 0 bridgehead atoms. The second-order valence-corrected chi connectivity index (χ2v) is 3.71. The number of carbonyl (C=O) groups is 3. The monoisotopic (exact) mass is 246 g/mol. The van der Waals surface area contributed by atoms with E-state index in [0.717, 1.165) is 6.42 Å². The molecule has 0 saturated heterocycles. The lowest BCUT2D eigenvalue weighted by Crippen LogP contribution is -2.50. The molecule has 7 nitrogen and oxygen atoms in total. The average molecular weight is 246 g/mol. The highest BCUT2D eigenvalue weighted by atomic mass is 16.4. The predicted octanol–water partition coefficient (Wildman–Crippen LogP) is 0.402. The normalized spacial score (nSPS) is 13.5. The highest BCUT2D eigenvalue weighted by molar-refractivity contribution is 5.85. The zero-order valence-corrected chi connectivity index (χ0v) is 9.90. The van der Waals surface area contributed by atoms with Crippen LogP contribution in [-0.4, -0.2) is 40.3 Å². The van der Waals surface area contributed by atoms with Crippen LogP contribution in [0.1, 0.15) is 33.1 Å². The van der Waals surface area contributed by atoms with Gasteiger partial charge in [-0.05, 0) is 13.3 Å². The predicted molar refractivity (Wildman–Crippen MR) is 59.7 cm³/mol. The Morgan fingerprint density at radius 1 is 1.12 bits per heavy atom. The Morgan fingerprint density at radius 3 is 2.12 bits per heavy atom. The van der Waals surface area contributed by atoms with E-state index in [-0.39, 0.29) is 0 Å². The number of urea groups is 1. The fourth-order valence-corrected chi connectivity index (χ4v) is 1.12. The number of aliphatic carboxylic acids is 2. The van der Waals surface area contributed by atoms with Gasteiger partial charge in [0.1, 0.15) is 12.1 Å². The summed E-state index contributed by atoms with van der Waals surface area (Å²) >= 11 is 0. The van der Waals surface area contributed by atoms with Crippen molar-refractivity contribution in [3.8, 4) is 0 Å². The van der Waals surface area contributed by atoms with Crippen molar-refractivity contribution in [2.75, 3.05) is 0 Å². The van der Waals surface area contributed by atoms with E-state index in [9.17, 15) is 14.4 Å². The van der Waals surface area contributed by atoms with E-state index in [4.69, 9.17) is 10.2 Å². The summed E-state index contributed by atoms with van der Waals surface area (Å²) in [4.78, 5) is 32.6. The van der Waals surface area contributed by atoms with Crippen LogP contribution in [0.15, 0.2) is 0 Å². The minimum atomic E-state index is -1.18. The molecular formula is C10H18N2O5. The van der Waals surface area contributed by atoms with Crippen LogP contribution in [0.2, 0.25) is 0 Å². The number of carbonyl (C=O) groups excluding carboxylic acids is 1. The van der Waals surface area contributed by atoms with E-state index >= 15 is 0 Å². The molecular weight excluding hydrogens is 228 g/mol. The molecule has 0 aromatic rings. The fourth-order valence-electron chi connectivity index (χ4n) is 1.12. The Kier molecular flexibility index (Phi) is 6.69. The molecule has 0 unspecified atom stereocenters. The van der Waals surface area contributed by atoms with Gasteiger partial charge in [-0.1, -0.05) is 19.8 Å². The molecule has 0 heterocycles. The van der Waals surface area contributed by atoms with Gasteiger partial charge in [-0.2, -0.15) is 0 Å². The Morgan fingerprint density at radius 2 is 1.71 bits per heavy atom. The number of amides is 2. The Bertz CT molecular complexity index is 292. The Labute approximate surface area is 99.2 Å². The summed E-state index contributed by atoms with van der Waals surface area (Å²) in [6, 6.07) is -2.84. The van der Waals surface area contributed by atoms with E-state index in [1.165, 1.54) is 6.92 Å². The molecule has 17 heavy (non-hydrogen) atoms. The van der Waals surface area contributed by atoms with Gasteiger partial charge in [0.2, 0.25) is 0 Å². The second-order valence-electron chi connectivity index (χ2n) is 3.71. The quantitative estimate of drug-likeness (QED) is 0.519. The Hall–Kier alpha value is -1.79. The lowest BCUT2D eigenvalue weighted by Gasteiger charge is -2.16. The van der Waals surface area contributed by atoms with Crippen LogP contribution in [0, 0.1) is 0 Å². The molecule has 2 amide bonds. The second kappa shape index (κ2) is 7.48. The lowest BCUT2D eigenvalue weighted by atomic mass is 10.1. The topological polar surface area (TPSA) is 116 Å². The molecule has 2 atom stereocenters. The molecule has 0 aliphatic heterocycles. The summed E-state index contributed by atoms with van der Waals surface area (Å²) < 4.78 is 0. The third-order valence-electron chi connectivity index (χ3n) is 2.17. The van der Waals surface area contributed by atoms with Crippen molar-refractivity contribution in [3.63, 3.8) is 0 Å². The van der Waals surface area contributed by atoms with Gasteiger partial charge in [-0.3, -0.25) is 4.79 Å². The van der Waals surface area contributed by atoms with Crippen molar-refractivity contribution in [1.82, 2.24) is 10.6 Å². The first-order valence-corrected chi connectivity index (χ1v) is 5.41. The van der Waals surface area contributed by atoms with Crippen LogP contribution in [0.4, 0.5) is 4.79 Å². The van der Waals surface area contributed by atoms with Gasteiger partial charge in [-0.15, -0.1) is 0 Å². The van der Waals surface area contributed by atoms with Crippen LogP contribution >= 0.6 is 0 Å². The largest absolute Gasteiger partial charge is 0.480 e. The number of rotatable bonds is 7. The van der Waals surface area contributed by atoms with Gasteiger partial charge >= 0.3 is 18.0 Å². The summed E-state index contributed by atoms with van der Waals surface area (Å²) in [6.45, 7) is 3.20. The molecule has 4 N–H and O–H groups in total. The maximum absolute atomic E-state index is 11.3. The third-order valence-corrected chi connectivity index (χ3v) is 2.17. The molecule has 98 valence electrons. The first-order chi connectivity index (χ1) is 7.88. The van der Waals surface area contributed by atoms with E-state index in [1.54, 1.807) is 0 Å². The molecule has 0 aliphatic carbocycles. The molecule has 0 aromatic carbocycles. The van der Waals surface area contributed by atoms with Crippen molar-refractivity contribution in [2.24, 2.45) is 0 Å². The molecule has 0 aromatic heterocycles. The van der Waals surface area contributed by atoms with Crippen molar-refractivity contribution in [3.05, 3.63) is 0 Å². The van der Waals surface area contributed by atoms with Gasteiger partial charge in [0.15, 0.2) is 0 Å². The SMILES string of the molecule is CCCC[C@H](NC(=O)N[C@@H](C)C(=O)O)C(=O)O. The molecule has 0 aliphatic rings. The summed E-state index contributed by atoms with van der Waals surface area (Å²) in [5, 5.41) is 21.7.